The third kappa shape index (κ3) is 3.51. The second kappa shape index (κ2) is 6.69. The average Bonchev–Trinajstić information content (AvgIpc) is 2.55. The van der Waals surface area contributed by atoms with Gasteiger partial charge in [0.05, 0.1) is 5.39 Å². The molecule has 0 saturated heterocycles. The summed E-state index contributed by atoms with van der Waals surface area (Å²) in [5.74, 6) is -1.66. The minimum absolute atomic E-state index is 0.0876. The molecule has 0 unspecified atom stereocenters. The molecule has 9 nitrogen and oxygen atoms in total. The number of esters is 1. The molecule has 1 heterocycles. The lowest BCUT2D eigenvalue weighted by molar-refractivity contribution is -0.123. The van der Waals surface area contributed by atoms with Crippen molar-refractivity contribution in [2.75, 3.05) is 13.7 Å². The van der Waals surface area contributed by atoms with E-state index in [0.717, 1.165) is 4.68 Å². The smallest absolute Gasteiger partial charge is 0.359 e. The Bertz CT molecular complexity index is 843. The number of amides is 3. The summed E-state index contributed by atoms with van der Waals surface area (Å²) < 4.78 is 5.85. The molecule has 2 N–H and O–H groups in total. The van der Waals surface area contributed by atoms with Gasteiger partial charge in [-0.1, -0.05) is 18.2 Å². The molecule has 9 heteroatoms. The van der Waals surface area contributed by atoms with Gasteiger partial charge in [0.2, 0.25) is 0 Å². The topological polar surface area (TPSA) is 119 Å². The molecule has 1 aromatic carbocycles. The van der Waals surface area contributed by atoms with E-state index in [1.54, 1.807) is 24.3 Å². The number of aromatic nitrogens is 2. The number of nitrogens with one attached hydrogen (secondary N) is 2. The maximum Gasteiger partial charge on any atom is 0.359 e. The number of fused-ring (bicyclic) bond motifs is 1. The van der Waals surface area contributed by atoms with Gasteiger partial charge in [0.25, 0.3) is 11.5 Å². The van der Waals surface area contributed by atoms with Crippen LogP contribution in [0.2, 0.25) is 0 Å². The third-order valence-electron chi connectivity index (χ3n) is 2.96. The Hall–Kier alpha value is -3.23. The number of carbonyl (C=O) groups is 3. The van der Waals surface area contributed by atoms with E-state index in [4.69, 9.17) is 4.74 Å². The molecule has 120 valence electrons. The third-order valence-corrected chi connectivity index (χ3v) is 2.96. The Labute approximate surface area is 130 Å². The molecule has 3 amide bonds. The highest BCUT2D eigenvalue weighted by atomic mass is 16.5. The summed E-state index contributed by atoms with van der Waals surface area (Å²) in [7, 11) is 2.75. The minimum Gasteiger partial charge on any atom is -0.451 e. The molecule has 0 aliphatic carbocycles. The highest BCUT2D eigenvalue weighted by Crippen LogP contribution is 2.13. The van der Waals surface area contributed by atoms with Gasteiger partial charge in [-0.05, 0) is 6.07 Å². The molecule has 0 aliphatic rings. The summed E-state index contributed by atoms with van der Waals surface area (Å²) in [6.45, 7) is -0.648. The Morgan fingerprint density at radius 2 is 1.87 bits per heavy atom. The van der Waals surface area contributed by atoms with Crippen LogP contribution in [0.15, 0.2) is 29.1 Å². The number of hydrogen-bond donors (Lipinski definition) is 2. The first-order valence-corrected chi connectivity index (χ1v) is 6.58. The Balaban J connectivity index is 2.22. The Morgan fingerprint density at radius 1 is 1.22 bits per heavy atom. The van der Waals surface area contributed by atoms with Gasteiger partial charge in [-0.2, -0.15) is 5.10 Å². The molecule has 0 spiro atoms. The summed E-state index contributed by atoms with van der Waals surface area (Å²) in [4.78, 5) is 46.4. The summed E-state index contributed by atoms with van der Waals surface area (Å²) in [6, 6.07) is 5.73. The molecule has 0 aliphatic heterocycles. The van der Waals surface area contributed by atoms with Crippen LogP contribution in [0.5, 0.6) is 0 Å². The van der Waals surface area contributed by atoms with Crippen molar-refractivity contribution in [3.63, 3.8) is 0 Å². The summed E-state index contributed by atoms with van der Waals surface area (Å²) in [5.41, 5.74) is -0.440. The molecule has 0 atom stereocenters. The number of urea groups is 1. The standard InChI is InChI=1S/C14H14N4O5/c1-15-14(22)16-10(19)7-23-13(21)11-8-5-3-4-6-9(8)12(20)18(2)17-11/h3-6H,7H2,1-2H3,(H2,15,16,19,22). The lowest BCUT2D eigenvalue weighted by atomic mass is 10.1. The number of benzene rings is 1. The van der Waals surface area contributed by atoms with Gasteiger partial charge >= 0.3 is 12.0 Å². The fraction of sp³-hybridized carbons (Fsp3) is 0.214. The number of imide groups is 1. The van der Waals surface area contributed by atoms with Crippen LogP contribution in [0, 0.1) is 0 Å². The predicted octanol–water partition coefficient (Wildman–Crippen LogP) is -0.454. The van der Waals surface area contributed by atoms with Gasteiger partial charge in [0.1, 0.15) is 0 Å². The highest BCUT2D eigenvalue weighted by molar-refractivity contribution is 6.03. The van der Waals surface area contributed by atoms with Crippen molar-refractivity contribution < 1.29 is 19.1 Å². The van der Waals surface area contributed by atoms with E-state index in [1.807, 2.05) is 5.32 Å². The van der Waals surface area contributed by atoms with Gasteiger partial charge < -0.3 is 10.1 Å². The normalized spacial score (nSPS) is 10.2. The van der Waals surface area contributed by atoms with Crippen molar-refractivity contribution in [1.29, 1.82) is 0 Å². The Kier molecular flexibility index (Phi) is 4.69. The lowest BCUT2D eigenvalue weighted by Gasteiger charge is -2.08. The van der Waals surface area contributed by atoms with Crippen molar-refractivity contribution in [2.45, 2.75) is 0 Å². The Morgan fingerprint density at radius 3 is 2.52 bits per heavy atom. The second-order valence-corrected chi connectivity index (χ2v) is 4.53. The molecule has 0 radical (unpaired) electrons. The van der Waals surface area contributed by atoms with E-state index in [9.17, 15) is 19.2 Å². The van der Waals surface area contributed by atoms with E-state index >= 15 is 0 Å². The minimum atomic E-state index is -0.871. The largest absolute Gasteiger partial charge is 0.451 e. The number of carbonyl (C=O) groups excluding carboxylic acids is 3. The first kappa shape index (κ1) is 16.1. The van der Waals surface area contributed by atoms with Gasteiger partial charge in [0, 0.05) is 19.5 Å². The van der Waals surface area contributed by atoms with E-state index < -0.39 is 24.5 Å². The monoisotopic (exact) mass is 318 g/mol. The van der Waals surface area contributed by atoms with E-state index in [0.29, 0.717) is 10.8 Å². The van der Waals surface area contributed by atoms with E-state index in [1.165, 1.54) is 14.1 Å². The van der Waals surface area contributed by atoms with Crippen molar-refractivity contribution in [3.8, 4) is 0 Å². The highest BCUT2D eigenvalue weighted by Gasteiger charge is 2.18. The van der Waals surface area contributed by atoms with Crippen LogP contribution in [0.3, 0.4) is 0 Å². The fourth-order valence-corrected chi connectivity index (χ4v) is 1.88. The molecule has 2 rings (SSSR count). The van der Waals surface area contributed by atoms with Crippen LogP contribution in [0.25, 0.3) is 10.8 Å². The zero-order chi connectivity index (χ0) is 17.0. The van der Waals surface area contributed by atoms with Gasteiger partial charge in [-0.15, -0.1) is 0 Å². The van der Waals surface area contributed by atoms with E-state index in [-0.39, 0.29) is 11.3 Å². The van der Waals surface area contributed by atoms with Crippen LogP contribution in [-0.4, -0.2) is 41.3 Å². The van der Waals surface area contributed by atoms with Gasteiger partial charge in [-0.3, -0.25) is 14.9 Å². The van der Waals surface area contributed by atoms with Gasteiger partial charge in [-0.25, -0.2) is 14.3 Å². The number of hydrogen-bond acceptors (Lipinski definition) is 6. The SMILES string of the molecule is CNC(=O)NC(=O)COC(=O)c1nn(C)c(=O)c2ccccc12. The molecule has 1 aromatic heterocycles. The van der Waals surface area contributed by atoms with E-state index in [2.05, 4.69) is 10.4 Å². The van der Waals surface area contributed by atoms with Crippen molar-refractivity contribution in [1.82, 2.24) is 20.4 Å². The molecule has 0 saturated carbocycles. The number of aryl methyl sites for hydroxylation is 1. The average molecular weight is 318 g/mol. The first-order valence-electron chi connectivity index (χ1n) is 6.58. The zero-order valence-electron chi connectivity index (χ0n) is 12.5. The number of nitrogens with zero attached hydrogens (tertiary/aromatic N) is 2. The van der Waals surface area contributed by atoms with Crippen LogP contribution < -0.4 is 16.2 Å². The van der Waals surface area contributed by atoms with Crippen LogP contribution in [-0.2, 0) is 16.6 Å². The molecule has 0 bridgehead atoms. The first-order chi connectivity index (χ1) is 10.9. The van der Waals surface area contributed by atoms with Crippen LogP contribution in [0.4, 0.5) is 4.79 Å². The fourth-order valence-electron chi connectivity index (χ4n) is 1.88. The maximum absolute atomic E-state index is 12.1. The van der Waals surface area contributed by atoms with Crippen LogP contribution in [0.1, 0.15) is 10.5 Å². The summed E-state index contributed by atoms with van der Waals surface area (Å²) in [5, 5.41) is 8.66. The summed E-state index contributed by atoms with van der Waals surface area (Å²) >= 11 is 0. The molecule has 0 fully saturated rings. The predicted molar refractivity (Wildman–Crippen MR) is 79.9 cm³/mol. The molecule has 23 heavy (non-hydrogen) atoms. The zero-order valence-corrected chi connectivity index (χ0v) is 12.5. The number of rotatable bonds is 3. The maximum atomic E-state index is 12.1. The van der Waals surface area contributed by atoms with Crippen LogP contribution >= 0.6 is 0 Å². The molecular weight excluding hydrogens is 304 g/mol. The number of ether oxygens (including phenoxy) is 1. The molecular formula is C14H14N4O5. The lowest BCUT2D eigenvalue weighted by Crippen LogP contribution is -2.39. The van der Waals surface area contributed by atoms with Gasteiger partial charge in [0.15, 0.2) is 12.3 Å². The quantitative estimate of drug-likeness (QED) is 0.740. The second-order valence-electron chi connectivity index (χ2n) is 4.53. The van der Waals surface area contributed by atoms with Crippen molar-refractivity contribution >= 4 is 28.7 Å². The molecule has 2 aromatic rings. The van der Waals surface area contributed by atoms with Crippen molar-refractivity contribution in [2.24, 2.45) is 7.05 Å². The summed E-state index contributed by atoms with van der Waals surface area (Å²) in [6.07, 6.45) is 0. The van der Waals surface area contributed by atoms with Crippen molar-refractivity contribution in [3.05, 3.63) is 40.3 Å².